The molecule has 0 bridgehead atoms. The Balaban J connectivity index is 2.31. The van der Waals surface area contributed by atoms with Gasteiger partial charge in [0.25, 0.3) is 0 Å². The fourth-order valence-electron chi connectivity index (χ4n) is 3.28. The second-order valence-corrected chi connectivity index (χ2v) is 5.66. The molecule has 2 aliphatic carbocycles. The van der Waals surface area contributed by atoms with Crippen molar-refractivity contribution in [2.24, 2.45) is 5.92 Å². The summed E-state index contributed by atoms with van der Waals surface area (Å²) in [4.78, 5) is 25.2. The molecule has 2 aliphatic rings. The lowest BCUT2D eigenvalue weighted by Gasteiger charge is -2.45. The number of aliphatic carboxylic acids is 1. The van der Waals surface area contributed by atoms with Crippen LogP contribution < -0.4 is 0 Å². The van der Waals surface area contributed by atoms with E-state index in [1.54, 1.807) is 4.90 Å². The van der Waals surface area contributed by atoms with E-state index in [-0.39, 0.29) is 11.9 Å². The van der Waals surface area contributed by atoms with Gasteiger partial charge in [0.2, 0.25) is 5.91 Å². The molecule has 2 rings (SSSR count). The maximum Gasteiger partial charge on any atom is 0.329 e. The molecule has 0 saturated heterocycles. The molecule has 0 radical (unpaired) electrons. The molecule has 2 saturated carbocycles. The lowest BCUT2D eigenvalue weighted by molar-refractivity contribution is -0.163. The molecule has 0 aromatic rings. The summed E-state index contributed by atoms with van der Waals surface area (Å²) in [7, 11) is 0. The average Bonchev–Trinajstić information content (AvgIpc) is 3.01. The van der Waals surface area contributed by atoms with Crippen LogP contribution in [0.4, 0.5) is 0 Å². The normalized spacial score (nSPS) is 33.2. The first-order chi connectivity index (χ1) is 7.97. The lowest BCUT2D eigenvalue weighted by Crippen LogP contribution is -2.59. The summed E-state index contributed by atoms with van der Waals surface area (Å²) in [6.45, 7) is 3.59. The summed E-state index contributed by atoms with van der Waals surface area (Å²) >= 11 is 0. The van der Waals surface area contributed by atoms with Gasteiger partial charge in [0.1, 0.15) is 5.54 Å². The van der Waals surface area contributed by atoms with Gasteiger partial charge < -0.3 is 10.0 Å². The molecule has 4 heteroatoms. The second kappa shape index (κ2) is 4.31. The first-order valence-electron chi connectivity index (χ1n) is 6.50. The van der Waals surface area contributed by atoms with E-state index >= 15 is 0 Å². The molecule has 0 heterocycles. The number of amides is 1. The molecule has 96 valence electrons. The van der Waals surface area contributed by atoms with Crippen molar-refractivity contribution in [3.63, 3.8) is 0 Å². The van der Waals surface area contributed by atoms with Crippen LogP contribution in [0.3, 0.4) is 0 Å². The van der Waals surface area contributed by atoms with E-state index in [2.05, 4.69) is 6.92 Å². The molecule has 1 N–H and O–H groups in total. The highest BCUT2D eigenvalue weighted by molar-refractivity contribution is 5.86. The van der Waals surface area contributed by atoms with Gasteiger partial charge in [-0.25, -0.2) is 4.79 Å². The highest BCUT2D eigenvalue weighted by Gasteiger charge is 2.52. The zero-order valence-corrected chi connectivity index (χ0v) is 10.6. The van der Waals surface area contributed by atoms with Crippen molar-refractivity contribution in [1.82, 2.24) is 4.90 Å². The second-order valence-electron chi connectivity index (χ2n) is 5.66. The Labute approximate surface area is 102 Å². The van der Waals surface area contributed by atoms with E-state index in [0.29, 0.717) is 18.8 Å². The highest BCUT2D eigenvalue weighted by Crippen LogP contribution is 2.42. The monoisotopic (exact) mass is 239 g/mol. The van der Waals surface area contributed by atoms with Gasteiger partial charge in [-0.2, -0.15) is 0 Å². The lowest BCUT2D eigenvalue weighted by atomic mass is 9.75. The third kappa shape index (κ3) is 2.17. The van der Waals surface area contributed by atoms with Gasteiger partial charge in [-0.05, 0) is 31.6 Å². The predicted molar refractivity (Wildman–Crippen MR) is 63.5 cm³/mol. The van der Waals surface area contributed by atoms with Crippen LogP contribution in [0.25, 0.3) is 0 Å². The first kappa shape index (κ1) is 12.4. The van der Waals surface area contributed by atoms with Crippen molar-refractivity contribution in [2.75, 3.05) is 0 Å². The number of hydrogen-bond donors (Lipinski definition) is 1. The molecular weight excluding hydrogens is 218 g/mol. The minimum absolute atomic E-state index is 0.0796. The molecule has 0 aromatic carbocycles. The molecule has 0 spiro atoms. The Morgan fingerprint density at radius 3 is 2.35 bits per heavy atom. The van der Waals surface area contributed by atoms with Crippen molar-refractivity contribution in [1.29, 1.82) is 0 Å². The highest BCUT2D eigenvalue weighted by atomic mass is 16.4. The smallest absolute Gasteiger partial charge is 0.329 e. The van der Waals surface area contributed by atoms with Gasteiger partial charge in [0, 0.05) is 13.0 Å². The number of carboxylic acid groups (broad SMARTS) is 1. The van der Waals surface area contributed by atoms with Gasteiger partial charge >= 0.3 is 5.97 Å². The number of nitrogens with zero attached hydrogens (tertiary/aromatic N) is 1. The van der Waals surface area contributed by atoms with E-state index in [9.17, 15) is 14.7 Å². The Hall–Kier alpha value is -1.06. The van der Waals surface area contributed by atoms with E-state index in [0.717, 1.165) is 25.7 Å². The van der Waals surface area contributed by atoms with Crippen LogP contribution in [0, 0.1) is 5.92 Å². The molecule has 4 nitrogen and oxygen atoms in total. The molecule has 2 atom stereocenters. The third-order valence-corrected chi connectivity index (χ3v) is 4.08. The summed E-state index contributed by atoms with van der Waals surface area (Å²) in [5, 5.41) is 9.61. The maximum atomic E-state index is 11.8. The van der Waals surface area contributed by atoms with Gasteiger partial charge in [-0.3, -0.25) is 4.79 Å². The van der Waals surface area contributed by atoms with Crippen molar-refractivity contribution in [2.45, 2.75) is 64.0 Å². The fraction of sp³-hybridized carbons (Fsp3) is 0.846. The SMILES string of the molecule is CC(=O)N(C1CC1)C1(C(=O)O)CCCC(C)C1. The van der Waals surface area contributed by atoms with E-state index in [4.69, 9.17) is 0 Å². The standard InChI is InChI=1S/C13H21NO3/c1-9-4-3-7-13(8-9,12(16)17)14(10(2)15)11-5-6-11/h9,11H,3-8H2,1-2H3,(H,16,17). The summed E-state index contributed by atoms with van der Waals surface area (Å²) in [6, 6.07) is 0.175. The molecule has 2 fully saturated rings. The molecule has 0 aromatic heterocycles. The van der Waals surface area contributed by atoms with Gasteiger partial charge in [0.15, 0.2) is 0 Å². The maximum absolute atomic E-state index is 11.8. The van der Waals surface area contributed by atoms with Crippen LogP contribution >= 0.6 is 0 Å². The number of hydrogen-bond acceptors (Lipinski definition) is 2. The summed E-state index contributed by atoms with van der Waals surface area (Å²) < 4.78 is 0. The van der Waals surface area contributed by atoms with Crippen molar-refractivity contribution >= 4 is 11.9 Å². The van der Waals surface area contributed by atoms with E-state index in [1.165, 1.54) is 6.92 Å². The van der Waals surface area contributed by atoms with Crippen molar-refractivity contribution in [3.05, 3.63) is 0 Å². The van der Waals surface area contributed by atoms with Crippen molar-refractivity contribution < 1.29 is 14.7 Å². The molecule has 2 unspecified atom stereocenters. The molecular formula is C13H21NO3. The number of rotatable bonds is 3. The van der Waals surface area contributed by atoms with Crippen LogP contribution in [0.15, 0.2) is 0 Å². The van der Waals surface area contributed by atoms with Crippen LogP contribution in [0.5, 0.6) is 0 Å². The van der Waals surface area contributed by atoms with E-state index in [1.807, 2.05) is 0 Å². The minimum atomic E-state index is -0.926. The summed E-state index contributed by atoms with van der Waals surface area (Å²) in [6.07, 6.45) is 5.13. The van der Waals surface area contributed by atoms with E-state index < -0.39 is 11.5 Å². The zero-order chi connectivity index (χ0) is 12.6. The van der Waals surface area contributed by atoms with Gasteiger partial charge in [0.05, 0.1) is 0 Å². The third-order valence-electron chi connectivity index (χ3n) is 4.08. The Morgan fingerprint density at radius 2 is 1.94 bits per heavy atom. The van der Waals surface area contributed by atoms with Gasteiger partial charge in [-0.15, -0.1) is 0 Å². The Bertz CT molecular complexity index is 338. The van der Waals surface area contributed by atoms with Crippen LogP contribution in [0.1, 0.15) is 52.4 Å². The Morgan fingerprint density at radius 1 is 1.29 bits per heavy atom. The van der Waals surface area contributed by atoms with Crippen molar-refractivity contribution in [3.8, 4) is 0 Å². The minimum Gasteiger partial charge on any atom is -0.479 e. The largest absolute Gasteiger partial charge is 0.479 e. The molecule has 0 aliphatic heterocycles. The predicted octanol–water partition coefficient (Wildman–Crippen LogP) is 2.03. The van der Waals surface area contributed by atoms with Crippen LogP contribution in [0.2, 0.25) is 0 Å². The Kier molecular flexibility index (Phi) is 3.15. The average molecular weight is 239 g/mol. The number of carbonyl (C=O) groups is 2. The fourth-order valence-corrected chi connectivity index (χ4v) is 3.28. The molecule has 17 heavy (non-hydrogen) atoms. The topological polar surface area (TPSA) is 57.6 Å². The summed E-state index contributed by atoms with van der Waals surface area (Å²) in [5.41, 5.74) is -0.926. The quantitative estimate of drug-likeness (QED) is 0.819. The zero-order valence-electron chi connectivity index (χ0n) is 10.6. The molecule has 1 amide bonds. The van der Waals surface area contributed by atoms with Gasteiger partial charge in [-0.1, -0.05) is 19.8 Å². The summed E-state index contributed by atoms with van der Waals surface area (Å²) in [5.74, 6) is -0.504. The number of carboxylic acids is 1. The van der Waals surface area contributed by atoms with Crippen LogP contribution in [-0.4, -0.2) is 33.5 Å². The number of carbonyl (C=O) groups excluding carboxylic acids is 1. The van der Waals surface area contributed by atoms with Crippen LogP contribution in [-0.2, 0) is 9.59 Å². The first-order valence-corrected chi connectivity index (χ1v) is 6.50.